The van der Waals surface area contributed by atoms with Gasteiger partial charge in [-0.1, -0.05) is 0 Å². The van der Waals surface area contributed by atoms with Gasteiger partial charge in [-0.25, -0.2) is 9.48 Å². The Labute approximate surface area is 115 Å². The van der Waals surface area contributed by atoms with E-state index in [2.05, 4.69) is 5.10 Å². The highest BCUT2D eigenvalue weighted by molar-refractivity contribution is 5.95. The number of nitrogens with two attached hydrogens (primary N) is 2. The monoisotopic (exact) mass is 274 g/mol. The van der Waals surface area contributed by atoms with Gasteiger partial charge in [-0.2, -0.15) is 5.10 Å². The van der Waals surface area contributed by atoms with Gasteiger partial charge in [0.2, 0.25) is 0 Å². The molecule has 1 amide bonds. The largest absolute Gasteiger partial charge is 0.462 e. The Hall–Kier alpha value is -2.83. The number of carbonyl (C=O) groups is 2. The van der Waals surface area contributed by atoms with Crippen LogP contribution in [-0.4, -0.2) is 28.3 Å². The second-order valence-corrected chi connectivity index (χ2v) is 4.03. The number of nitrogen functional groups attached to an aromatic ring is 1. The number of hydrogen-bond donors (Lipinski definition) is 2. The highest BCUT2D eigenvalue weighted by Gasteiger charge is 2.16. The van der Waals surface area contributed by atoms with Crippen molar-refractivity contribution in [3.8, 4) is 5.69 Å². The van der Waals surface area contributed by atoms with E-state index in [4.69, 9.17) is 16.2 Å². The summed E-state index contributed by atoms with van der Waals surface area (Å²) < 4.78 is 6.35. The van der Waals surface area contributed by atoms with Crippen molar-refractivity contribution < 1.29 is 14.3 Å². The molecule has 4 N–H and O–H groups in total. The zero-order valence-electron chi connectivity index (χ0n) is 10.9. The maximum atomic E-state index is 11.9. The van der Waals surface area contributed by atoms with Gasteiger partial charge in [0.05, 0.1) is 29.6 Å². The van der Waals surface area contributed by atoms with E-state index in [0.717, 1.165) is 0 Å². The van der Waals surface area contributed by atoms with E-state index in [0.29, 0.717) is 11.4 Å². The number of ether oxygens (including phenoxy) is 1. The second-order valence-electron chi connectivity index (χ2n) is 4.03. The fourth-order valence-electron chi connectivity index (χ4n) is 1.71. The summed E-state index contributed by atoms with van der Waals surface area (Å²) in [7, 11) is 0. The molecule has 1 aromatic heterocycles. The van der Waals surface area contributed by atoms with Crippen molar-refractivity contribution in [3.63, 3.8) is 0 Å². The van der Waals surface area contributed by atoms with Crippen molar-refractivity contribution in [1.29, 1.82) is 0 Å². The van der Waals surface area contributed by atoms with E-state index in [9.17, 15) is 9.59 Å². The molecular weight excluding hydrogens is 260 g/mol. The Kier molecular flexibility index (Phi) is 3.69. The molecule has 0 bridgehead atoms. The number of hydrogen-bond acceptors (Lipinski definition) is 5. The molecule has 1 aromatic carbocycles. The number of aromatic nitrogens is 2. The number of carbonyl (C=O) groups excluding carboxylic acids is 2. The molecule has 0 aliphatic heterocycles. The molecule has 0 saturated heterocycles. The summed E-state index contributed by atoms with van der Waals surface area (Å²) in [5.41, 5.74) is 12.3. The van der Waals surface area contributed by atoms with E-state index in [-0.39, 0.29) is 17.7 Å². The lowest BCUT2D eigenvalue weighted by molar-refractivity contribution is 0.0526. The van der Waals surface area contributed by atoms with Gasteiger partial charge in [0, 0.05) is 11.9 Å². The molecule has 0 radical (unpaired) electrons. The molecule has 0 fully saturated rings. The van der Waals surface area contributed by atoms with Crippen LogP contribution in [0.4, 0.5) is 5.69 Å². The average Bonchev–Trinajstić information content (AvgIpc) is 2.88. The molecule has 2 rings (SSSR count). The SMILES string of the molecule is CCOC(=O)c1cc(N)ccc1-n1cc(C(N)=O)cn1. The summed E-state index contributed by atoms with van der Waals surface area (Å²) in [4.78, 5) is 23.0. The van der Waals surface area contributed by atoms with Crippen LogP contribution in [0.1, 0.15) is 27.6 Å². The maximum Gasteiger partial charge on any atom is 0.340 e. The van der Waals surface area contributed by atoms with E-state index >= 15 is 0 Å². The maximum absolute atomic E-state index is 11.9. The Bertz CT molecular complexity index is 663. The van der Waals surface area contributed by atoms with E-state index in [1.54, 1.807) is 19.1 Å². The molecule has 0 aliphatic carbocycles. The minimum absolute atomic E-state index is 0.247. The first-order valence-corrected chi connectivity index (χ1v) is 5.94. The fourth-order valence-corrected chi connectivity index (χ4v) is 1.71. The van der Waals surface area contributed by atoms with Gasteiger partial charge in [-0.05, 0) is 25.1 Å². The molecule has 0 atom stereocenters. The predicted molar refractivity (Wildman–Crippen MR) is 72.5 cm³/mol. The molecule has 2 aromatic rings. The van der Waals surface area contributed by atoms with Crippen LogP contribution in [-0.2, 0) is 4.74 Å². The van der Waals surface area contributed by atoms with Gasteiger partial charge >= 0.3 is 5.97 Å². The van der Waals surface area contributed by atoms with E-state index in [1.165, 1.54) is 23.1 Å². The normalized spacial score (nSPS) is 10.2. The first-order chi connectivity index (χ1) is 9.52. The van der Waals surface area contributed by atoms with Crippen LogP contribution in [0.5, 0.6) is 0 Å². The van der Waals surface area contributed by atoms with Crippen molar-refractivity contribution in [3.05, 3.63) is 41.7 Å². The number of nitrogens with zero attached hydrogens (tertiary/aromatic N) is 2. The van der Waals surface area contributed by atoms with Crippen molar-refractivity contribution in [2.24, 2.45) is 5.73 Å². The minimum Gasteiger partial charge on any atom is -0.462 e. The van der Waals surface area contributed by atoms with Crippen LogP contribution >= 0.6 is 0 Å². The molecule has 20 heavy (non-hydrogen) atoms. The van der Waals surface area contributed by atoms with Crippen LogP contribution in [0.15, 0.2) is 30.6 Å². The Morgan fingerprint density at radius 3 is 2.75 bits per heavy atom. The lowest BCUT2D eigenvalue weighted by atomic mass is 10.1. The Morgan fingerprint density at radius 1 is 1.40 bits per heavy atom. The van der Waals surface area contributed by atoms with Gasteiger partial charge in [-0.15, -0.1) is 0 Å². The summed E-state index contributed by atoms with van der Waals surface area (Å²) >= 11 is 0. The molecule has 0 aliphatic rings. The van der Waals surface area contributed by atoms with Crippen molar-refractivity contribution in [2.45, 2.75) is 6.92 Å². The average molecular weight is 274 g/mol. The Balaban J connectivity index is 2.49. The molecule has 7 heteroatoms. The number of esters is 1. The van der Waals surface area contributed by atoms with Crippen LogP contribution < -0.4 is 11.5 Å². The third-order valence-electron chi connectivity index (χ3n) is 2.63. The number of rotatable bonds is 4. The van der Waals surface area contributed by atoms with Crippen molar-refractivity contribution >= 4 is 17.6 Å². The molecule has 0 saturated carbocycles. The zero-order valence-corrected chi connectivity index (χ0v) is 10.9. The van der Waals surface area contributed by atoms with Crippen LogP contribution in [0.3, 0.4) is 0 Å². The van der Waals surface area contributed by atoms with E-state index < -0.39 is 11.9 Å². The number of primary amides is 1. The summed E-state index contributed by atoms with van der Waals surface area (Å²) in [5, 5.41) is 4.01. The molecular formula is C13H14N4O3. The minimum atomic E-state index is -0.593. The first kappa shape index (κ1) is 13.6. The highest BCUT2D eigenvalue weighted by atomic mass is 16.5. The molecule has 104 valence electrons. The summed E-state index contributed by atoms with van der Waals surface area (Å²) in [6, 6.07) is 4.75. The van der Waals surface area contributed by atoms with Gasteiger partial charge in [0.1, 0.15) is 0 Å². The predicted octanol–water partition coefficient (Wildman–Crippen LogP) is 0.730. The number of benzene rings is 1. The highest BCUT2D eigenvalue weighted by Crippen LogP contribution is 2.19. The van der Waals surface area contributed by atoms with Gasteiger partial charge in [0.25, 0.3) is 5.91 Å². The van der Waals surface area contributed by atoms with Crippen LogP contribution in [0.25, 0.3) is 5.69 Å². The van der Waals surface area contributed by atoms with E-state index in [1.807, 2.05) is 0 Å². The molecule has 0 unspecified atom stereocenters. The molecule has 7 nitrogen and oxygen atoms in total. The number of anilines is 1. The lowest BCUT2D eigenvalue weighted by Gasteiger charge is -2.09. The zero-order chi connectivity index (χ0) is 14.7. The third-order valence-corrected chi connectivity index (χ3v) is 2.63. The fraction of sp³-hybridized carbons (Fsp3) is 0.154. The lowest BCUT2D eigenvalue weighted by Crippen LogP contribution is -2.11. The Morgan fingerprint density at radius 2 is 2.15 bits per heavy atom. The van der Waals surface area contributed by atoms with Crippen molar-refractivity contribution in [2.75, 3.05) is 12.3 Å². The van der Waals surface area contributed by atoms with Crippen LogP contribution in [0.2, 0.25) is 0 Å². The number of amides is 1. The topological polar surface area (TPSA) is 113 Å². The first-order valence-electron chi connectivity index (χ1n) is 5.94. The van der Waals surface area contributed by atoms with Gasteiger partial charge in [-0.3, -0.25) is 4.79 Å². The second kappa shape index (κ2) is 5.43. The summed E-state index contributed by atoms with van der Waals surface area (Å²) in [6.07, 6.45) is 2.77. The standard InChI is InChI=1S/C13H14N4O3/c1-2-20-13(19)10-5-9(14)3-4-11(10)17-7-8(6-16-17)12(15)18/h3-7H,2,14H2,1H3,(H2,15,18). The summed E-state index contributed by atoms with van der Waals surface area (Å²) in [5.74, 6) is -1.10. The van der Waals surface area contributed by atoms with Crippen molar-refractivity contribution in [1.82, 2.24) is 9.78 Å². The molecule has 1 heterocycles. The van der Waals surface area contributed by atoms with Gasteiger partial charge < -0.3 is 16.2 Å². The quantitative estimate of drug-likeness (QED) is 0.630. The molecule has 0 spiro atoms. The van der Waals surface area contributed by atoms with Gasteiger partial charge in [0.15, 0.2) is 0 Å². The smallest absolute Gasteiger partial charge is 0.340 e. The summed E-state index contributed by atoms with van der Waals surface area (Å²) in [6.45, 7) is 1.96. The van der Waals surface area contributed by atoms with Crippen LogP contribution in [0, 0.1) is 0 Å². The third kappa shape index (κ3) is 2.61.